The van der Waals surface area contributed by atoms with Gasteiger partial charge in [0.15, 0.2) is 0 Å². The molecule has 1 fully saturated rings. The molecular weight excluding hydrogens is 274 g/mol. The van der Waals surface area contributed by atoms with Crippen molar-refractivity contribution in [3.63, 3.8) is 0 Å². The van der Waals surface area contributed by atoms with Gasteiger partial charge in [-0.25, -0.2) is 8.78 Å². The lowest BCUT2D eigenvalue weighted by Crippen LogP contribution is -2.36. The van der Waals surface area contributed by atoms with Crippen molar-refractivity contribution in [1.82, 2.24) is 5.32 Å². The fourth-order valence-corrected chi connectivity index (χ4v) is 3.02. The molecule has 21 heavy (non-hydrogen) atoms. The number of halogens is 2. The Kier molecular flexibility index (Phi) is 5.28. The van der Waals surface area contributed by atoms with Crippen LogP contribution in [0.15, 0.2) is 18.2 Å². The van der Waals surface area contributed by atoms with E-state index in [0.29, 0.717) is 0 Å². The van der Waals surface area contributed by atoms with Crippen molar-refractivity contribution in [2.45, 2.75) is 39.0 Å². The zero-order valence-electron chi connectivity index (χ0n) is 12.3. The van der Waals surface area contributed by atoms with Crippen LogP contribution in [-0.2, 0) is 4.79 Å². The Hall–Kier alpha value is -1.49. The molecule has 5 heteroatoms. The molecule has 1 aliphatic rings. The summed E-state index contributed by atoms with van der Waals surface area (Å²) in [6.07, 6.45) is 5.92. The van der Waals surface area contributed by atoms with Gasteiger partial charge in [-0.3, -0.25) is 4.79 Å². The SMILES string of the molecule is CCC1(CNCC(=O)Nc2c(F)cccc2F)CCCC1. The Labute approximate surface area is 124 Å². The molecular formula is C16H22F2N2O. The third-order valence-electron chi connectivity index (χ3n) is 4.43. The van der Waals surface area contributed by atoms with E-state index in [0.717, 1.165) is 25.1 Å². The first-order valence-corrected chi connectivity index (χ1v) is 7.51. The standard InChI is InChI=1S/C16H22F2N2O/c1-2-16(8-3-4-9-16)11-19-10-14(21)20-15-12(17)6-5-7-13(15)18/h5-7,19H,2-4,8-11H2,1H3,(H,20,21). The van der Waals surface area contributed by atoms with Crippen LogP contribution in [-0.4, -0.2) is 19.0 Å². The normalized spacial score (nSPS) is 16.9. The zero-order valence-corrected chi connectivity index (χ0v) is 12.3. The number of anilines is 1. The topological polar surface area (TPSA) is 41.1 Å². The molecule has 1 aliphatic carbocycles. The summed E-state index contributed by atoms with van der Waals surface area (Å²) < 4.78 is 26.8. The lowest BCUT2D eigenvalue weighted by Gasteiger charge is -2.27. The molecule has 116 valence electrons. The fourth-order valence-electron chi connectivity index (χ4n) is 3.02. The highest BCUT2D eigenvalue weighted by Gasteiger charge is 2.31. The summed E-state index contributed by atoms with van der Waals surface area (Å²) in [4.78, 5) is 11.8. The maximum atomic E-state index is 13.4. The summed E-state index contributed by atoms with van der Waals surface area (Å²) in [5.41, 5.74) is -0.0980. The highest BCUT2D eigenvalue weighted by Crippen LogP contribution is 2.40. The molecule has 2 N–H and O–H groups in total. The van der Waals surface area contributed by atoms with E-state index in [9.17, 15) is 13.6 Å². The minimum Gasteiger partial charge on any atom is -0.320 e. The highest BCUT2D eigenvalue weighted by molar-refractivity contribution is 5.92. The maximum absolute atomic E-state index is 13.4. The van der Waals surface area contributed by atoms with Gasteiger partial charge in [0.25, 0.3) is 0 Å². The van der Waals surface area contributed by atoms with E-state index in [1.54, 1.807) is 0 Å². The molecule has 0 saturated heterocycles. The van der Waals surface area contributed by atoms with Crippen molar-refractivity contribution in [2.75, 3.05) is 18.4 Å². The van der Waals surface area contributed by atoms with Crippen LogP contribution in [0.5, 0.6) is 0 Å². The number of para-hydroxylation sites is 1. The smallest absolute Gasteiger partial charge is 0.238 e. The van der Waals surface area contributed by atoms with E-state index in [1.807, 2.05) is 0 Å². The Morgan fingerprint density at radius 1 is 1.24 bits per heavy atom. The van der Waals surface area contributed by atoms with Crippen molar-refractivity contribution in [2.24, 2.45) is 5.41 Å². The lowest BCUT2D eigenvalue weighted by atomic mass is 9.83. The molecule has 0 spiro atoms. The Balaban J connectivity index is 1.82. The number of hydrogen-bond donors (Lipinski definition) is 2. The largest absolute Gasteiger partial charge is 0.320 e. The minimum absolute atomic E-state index is 0.0650. The molecule has 3 nitrogen and oxygen atoms in total. The molecule has 0 aliphatic heterocycles. The number of rotatable bonds is 6. The number of amides is 1. The average molecular weight is 296 g/mol. The Morgan fingerprint density at radius 3 is 2.43 bits per heavy atom. The Morgan fingerprint density at radius 2 is 1.86 bits per heavy atom. The summed E-state index contributed by atoms with van der Waals surface area (Å²) >= 11 is 0. The second kappa shape index (κ2) is 6.98. The first-order chi connectivity index (χ1) is 10.1. The van der Waals surface area contributed by atoms with Crippen LogP contribution >= 0.6 is 0 Å². The van der Waals surface area contributed by atoms with Gasteiger partial charge in [0.2, 0.25) is 5.91 Å². The van der Waals surface area contributed by atoms with Crippen LogP contribution in [0.3, 0.4) is 0 Å². The van der Waals surface area contributed by atoms with E-state index in [2.05, 4.69) is 17.6 Å². The van der Waals surface area contributed by atoms with Crippen molar-refractivity contribution in [3.8, 4) is 0 Å². The van der Waals surface area contributed by atoms with Gasteiger partial charge in [0, 0.05) is 6.54 Å². The summed E-state index contributed by atoms with van der Waals surface area (Å²) in [6.45, 7) is 3.01. The Bertz CT molecular complexity index is 479. The van der Waals surface area contributed by atoms with Crippen molar-refractivity contribution < 1.29 is 13.6 Å². The first kappa shape index (κ1) is 15.9. The molecule has 1 aromatic rings. The van der Waals surface area contributed by atoms with Crippen LogP contribution in [0.1, 0.15) is 39.0 Å². The number of carbonyl (C=O) groups excluding carboxylic acids is 1. The quantitative estimate of drug-likeness (QED) is 0.844. The lowest BCUT2D eigenvalue weighted by molar-refractivity contribution is -0.115. The van der Waals surface area contributed by atoms with Crippen LogP contribution in [0, 0.1) is 17.0 Å². The molecule has 1 aromatic carbocycles. The monoisotopic (exact) mass is 296 g/mol. The van der Waals surface area contributed by atoms with Gasteiger partial charge in [0.05, 0.1) is 6.54 Å². The number of carbonyl (C=O) groups is 1. The third kappa shape index (κ3) is 4.00. The summed E-state index contributed by atoms with van der Waals surface area (Å²) in [6, 6.07) is 3.51. The molecule has 0 radical (unpaired) electrons. The van der Waals surface area contributed by atoms with E-state index in [1.165, 1.54) is 31.7 Å². The van der Waals surface area contributed by atoms with E-state index in [4.69, 9.17) is 0 Å². The zero-order chi connectivity index (χ0) is 15.3. The molecule has 0 heterocycles. The second-order valence-corrected chi connectivity index (χ2v) is 5.81. The van der Waals surface area contributed by atoms with Crippen LogP contribution in [0.2, 0.25) is 0 Å². The molecule has 0 unspecified atom stereocenters. The highest BCUT2D eigenvalue weighted by atomic mass is 19.1. The van der Waals surface area contributed by atoms with Gasteiger partial charge >= 0.3 is 0 Å². The molecule has 0 bridgehead atoms. The molecule has 2 rings (SSSR count). The van der Waals surface area contributed by atoms with Gasteiger partial charge in [-0.15, -0.1) is 0 Å². The number of nitrogens with one attached hydrogen (secondary N) is 2. The molecule has 1 saturated carbocycles. The molecule has 0 aromatic heterocycles. The maximum Gasteiger partial charge on any atom is 0.238 e. The second-order valence-electron chi connectivity index (χ2n) is 5.81. The van der Waals surface area contributed by atoms with Gasteiger partial charge < -0.3 is 10.6 Å². The van der Waals surface area contributed by atoms with Gasteiger partial charge in [-0.05, 0) is 36.8 Å². The fraction of sp³-hybridized carbons (Fsp3) is 0.562. The summed E-state index contributed by atoms with van der Waals surface area (Å²) in [7, 11) is 0. The predicted molar refractivity (Wildman–Crippen MR) is 79.0 cm³/mol. The van der Waals surface area contributed by atoms with E-state index < -0.39 is 17.5 Å². The number of benzene rings is 1. The average Bonchev–Trinajstić information content (AvgIpc) is 2.92. The van der Waals surface area contributed by atoms with Crippen molar-refractivity contribution in [3.05, 3.63) is 29.8 Å². The summed E-state index contributed by atoms with van der Waals surface area (Å²) in [5.74, 6) is -1.95. The van der Waals surface area contributed by atoms with Crippen LogP contribution in [0.4, 0.5) is 14.5 Å². The van der Waals surface area contributed by atoms with E-state index in [-0.39, 0.29) is 17.6 Å². The predicted octanol–water partition coefficient (Wildman–Crippen LogP) is 3.46. The van der Waals surface area contributed by atoms with Crippen molar-refractivity contribution >= 4 is 11.6 Å². The summed E-state index contributed by atoms with van der Waals surface area (Å²) in [5, 5.41) is 5.40. The molecule has 1 amide bonds. The van der Waals surface area contributed by atoms with Gasteiger partial charge in [-0.2, -0.15) is 0 Å². The van der Waals surface area contributed by atoms with Crippen LogP contribution < -0.4 is 10.6 Å². The van der Waals surface area contributed by atoms with Crippen LogP contribution in [0.25, 0.3) is 0 Å². The number of hydrogen-bond acceptors (Lipinski definition) is 2. The molecule has 0 atom stereocenters. The third-order valence-corrected chi connectivity index (χ3v) is 4.43. The van der Waals surface area contributed by atoms with Gasteiger partial charge in [0.1, 0.15) is 17.3 Å². The van der Waals surface area contributed by atoms with Gasteiger partial charge in [-0.1, -0.05) is 25.8 Å². The van der Waals surface area contributed by atoms with E-state index >= 15 is 0 Å². The van der Waals surface area contributed by atoms with Crippen molar-refractivity contribution in [1.29, 1.82) is 0 Å². The first-order valence-electron chi connectivity index (χ1n) is 7.51. The minimum atomic E-state index is -0.760.